The molecule has 0 aromatic carbocycles. The van der Waals surface area contributed by atoms with Crippen molar-refractivity contribution in [3.63, 3.8) is 0 Å². The third-order valence-corrected chi connectivity index (χ3v) is 6.62. The summed E-state index contributed by atoms with van der Waals surface area (Å²) < 4.78 is 47.7. The maximum atomic E-state index is 12.3. The average molecular weight is 327 g/mol. The van der Waals surface area contributed by atoms with Gasteiger partial charge in [0, 0.05) is 29.6 Å². The fourth-order valence-corrected chi connectivity index (χ4v) is 4.79. The molecule has 0 fully saturated rings. The molecule has 19 heavy (non-hydrogen) atoms. The first kappa shape index (κ1) is 16.6. The molecule has 6 nitrogen and oxygen atoms in total. The maximum absolute atomic E-state index is 12.3. The van der Waals surface area contributed by atoms with E-state index >= 15 is 0 Å². The summed E-state index contributed by atoms with van der Waals surface area (Å²) in [6.07, 6.45) is 1.06. The van der Waals surface area contributed by atoms with Crippen LogP contribution in [0.15, 0.2) is 11.0 Å². The largest absolute Gasteiger partial charge is 0.391 e. The molecular weight excluding hydrogens is 310 g/mol. The highest BCUT2D eigenvalue weighted by molar-refractivity contribution is 7.91. The van der Waals surface area contributed by atoms with Gasteiger partial charge in [0.05, 0.1) is 17.3 Å². The second kappa shape index (κ2) is 5.88. The number of sulfone groups is 1. The van der Waals surface area contributed by atoms with Gasteiger partial charge in [-0.1, -0.05) is 0 Å². The highest BCUT2D eigenvalue weighted by atomic mass is 32.2. The van der Waals surface area contributed by atoms with Gasteiger partial charge in [0.2, 0.25) is 10.0 Å². The van der Waals surface area contributed by atoms with E-state index in [9.17, 15) is 16.8 Å². The molecule has 0 aliphatic heterocycles. The van der Waals surface area contributed by atoms with Crippen LogP contribution in [0, 0.1) is 6.92 Å². The minimum absolute atomic E-state index is 0.0923. The first-order valence-electron chi connectivity index (χ1n) is 5.42. The van der Waals surface area contributed by atoms with Gasteiger partial charge in [0.15, 0.2) is 0 Å². The molecule has 0 atom stereocenters. The molecule has 110 valence electrons. The van der Waals surface area contributed by atoms with Gasteiger partial charge >= 0.3 is 0 Å². The van der Waals surface area contributed by atoms with Crippen molar-refractivity contribution in [1.29, 1.82) is 0 Å². The Bertz CT molecular complexity index is 645. The van der Waals surface area contributed by atoms with Crippen molar-refractivity contribution in [2.24, 2.45) is 0 Å². The number of hydrogen-bond donors (Lipinski definition) is 1. The van der Waals surface area contributed by atoms with Crippen LogP contribution >= 0.6 is 11.3 Å². The third-order valence-electron chi connectivity index (χ3n) is 2.54. The van der Waals surface area contributed by atoms with Crippen molar-refractivity contribution in [3.8, 4) is 0 Å². The summed E-state index contributed by atoms with van der Waals surface area (Å²) in [5.41, 5.74) is 0. The second-order valence-electron chi connectivity index (χ2n) is 4.25. The summed E-state index contributed by atoms with van der Waals surface area (Å²) in [6, 6.07) is 1.42. The number of hydrogen-bond acceptors (Lipinski definition) is 6. The zero-order valence-corrected chi connectivity index (χ0v) is 13.4. The summed E-state index contributed by atoms with van der Waals surface area (Å²) >= 11 is 1.21. The lowest BCUT2D eigenvalue weighted by Crippen LogP contribution is -2.31. The minimum Gasteiger partial charge on any atom is -0.391 e. The van der Waals surface area contributed by atoms with E-state index in [4.69, 9.17) is 5.11 Å². The standard InChI is InChI=1S/C10H17NO5S3/c1-8-10(6-9(7-12)17-8)19(15,16)11(2)4-5-18(3,13)14/h6,12H,4-5,7H2,1-3H3. The molecule has 9 heteroatoms. The summed E-state index contributed by atoms with van der Waals surface area (Å²) in [5, 5.41) is 9.01. The van der Waals surface area contributed by atoms with Gasteiger partial charge in [-0.05, 0) is 13.0 Å². The number of nitrogens with zero attached hydrogens (tertiary/aromatic N) is 1. The molecule has 0 saturated carbocycles. The van der Waals surface area contributed by atoms with Gasteiger partial charge in [-0.3, -0.25) is 0 Å². The Morgan fingerprint density at radius 1 is 1.32 bits per heavy atom. The van der Waals surface area contributed by atoms with E-state index in [2.05, 4.69) is 0 Å². The van der Waals surface area contributed by atoms with E-state index in [0.717, 1.165) is 10.6 Å². The Kier molecular flexibility index (Phi) is 5.13. The quantitative estimate of drug-likeness (QED) is 0.806. The molecular formula is C10H17NO5S3. The van der Waals surface area contributed by atoms with Crippen molar-refractivity contribution in [1.82, 2.24) is 4.31 Å². The first-order chi connectivity index (χ1) is 8.58. The lowest BCUT2D eigenvalue weighted by Gasteiger charge is -2.16. The van der Waals surface area contributed by atoms with Crippen molar-refractivity contribution in [2.75, 3.05) is 25.6 Å². The first-order valence-corrected chi connectivity index (χ1v) is 9.74. The molecule has 1 N–H and O–H groups in total. The van der Waals surface area contributed by atoms with Crippen LogP contribution < -0.4 is 0 Å². The Balaban J connectivity index is 2.99. The molecule has 0 saturated heterocycles. The summed E-state index contributed by atoms with van der Waals surface area (Å²) in [6.45, 7) is 1.35. The van der Waals surface area contributed by atoms with E-state index < -0.39 is 19.9 Å². The summed E-state index contributed by atoms with van der Waals surface area (Å²) in [5.74, 6) is -0.223. The smallest absolute Gasteiger partial charge is 0.243 e. The predicted octanol–water partition coefficient (Wildman–Crippen LogP) is 0.214. The van der Waals surface area contributed by atoms with Gasteiger partial charge in [-0.2, -0.15) is 4.31 Å². The molecule has 0 aliphatic carbocycles. The molecule has 0 bridgehead atoms. The van der Waals surface area contributed by atoms with E-state index in [-0.39, 0.29) is 23.8 Å². The van der Waals surface area contributed by atoms with Crippen LogP contribution in [0.1, 0.15) is 9.75 Å². The molecule has 1 aromatic rings. The van der Waals surface area contributed by atoms with Crippen LogP contribution in [-0.2, 0) is 26.5 Å². The Morgan fingerprint density at radius 3 is 2.32 bits per heavy atom. The fraction of sp³-hybridized carbons (Fsp3) is 0.600. The third kappa shape index (κ3) is 4.25. The zero-order valence-electron chi connectivity index (χ0n) is 11.0. The van der Waals surface area contributed by atoms with Crippen LogP contribution in [0.25, 0.3) is 0 Å². The lowest BCUT2D eigenvalue weighted by molar-refractivity contribution is 0.285. The molecule has 0 aliphatic rings. The van der Waals surface area contributed by atoms with Gasteiger partial charge < -0.3 is 5.11 Å². The lowest BCUT2D eigenvalue weighted by atomic mass is 10.4. The van der Waals surface area contributed by atoms with E-state index in [0.29, 0.717) is 9.75 Å². The maximum Gasteiger partial charge on any atom is 0.243 e. The molecule has 1 heterocycles. The topological polar surface area (TPSA) is 91.8 Å². The number of thiophene rings is 1. The number of aliphatic hydroxyl groups is 1. The van der Waals surface area contributed by atoms with Crippen LogP contribution in [0.4, 0.5) is 0 Å². The van der Waals surface area contributed by atoms with E-state index in [1.807, 2.05) is 0 Å². The second-order valence-corrected chi connectivity index (χ2v) is 9.86. The minimum atomic E-state index is -3.71. The van der Waals surface area contributed by atoms with Gasteiger partial charge in [0.1, 0.15) is 9.84 Å². The number of sulfonamides is 1. The molecule has 0 spiro atoms. The molecule has 1 rings (SSSR count). The van der Waals surface area contributed by atoms with Crippen molar-refractivity contribution >= 4 is 31.2 Å². The Labute approximate surface area is 117 Å². The van der Waals surface area contributed by atoms with Crippen LogP contribution in [0.3, 0.4) is 0 Å². The summed E-state index contributed by atoms with van der Waals surface area (Å²) in [4.78, 5) is 1.26. The summed E-state index contributed by atoms with van der Waals surface area (Å²) in [7, 11) is -5.58. The Morgan fingerprint density at radius 2 is 1.89 bits per heavy atom. The van der Waals surface area contributed by atoms with Crippen LogP contribution in [0.5, 0.6) is 0 Å². The fourth-order valence-electron chi connectivity index (χ4n) is 1.44. The molecule has 1 aromatic heterocycles. The monoisotopic (exact) mass is 327 g/mol. The van der Waals surface area contributed by atoms with Crippen molar-refractivity contribution < 1.29 is 21.9 Å². The predicted molar refractivity (Wildman–Crippen MR) is 74.5 cm³/mol. The van der Waals surface area contributed by atoms with Gasteiger partial charge in [-0.25, -0.2) is 16.8 Å². The normalized spacial score (nSPS) is 13.1. The zero-order chi connectivity index (χ0) is 14.8. The average Bonchev–Trinajstić information content (AvgIpc) is 2.67. The van der Waals surface area contributed by atoms with Gasteiger partial charge in [-0.15, -0.1) is 11.3 Å². The Hall–Kier alpha value is -0.480. The van der Waals surface area contributed by atoms with E-state index in [1.54, 1.807) is 6.92 Å². The van der Waals surface area contributed by atoms with Crippen molar-refractivity contribution in [3.05, 3.63) is 15.8 Å². The molecule has 0 radical (unpaired) electrons. The highest BCUT2D eigenvalue weighted by Crippen LogP contribution is 2.27. The highest BCUT2D eigenvalue weighted by Gasteiger charge is 2.25. The van der Waals surface area contributed by atoms with Crippen molar-refractivity contribution in [2.45, 2.75) is 18.4 Å². The number of rotatable bonds is 6. The molecule has 0 unspecified atom stereocenters. The van der Waals surface area contributed by atoms with E-state index in [1.165, 1.54) is 24.5 Å². The van der Waals surface area contributed by atoms with Crippen LogP contribution in [0.2, 0.25) is 0 Å². The van der Waals surface area contributed by atoms with Crippen LogP contribution in [-0.4, -0.2) is 51.8 Å². The number of aryl methyl sites for hydroxylation is 1. The SMILES string of the molecule is Cc1sc(CO)cc1S(=O)(=O)N(C)CCS(C)(=O)=O. The number of aliphatic hydroxyl groups excluding tert-OH is 1. The molecule has 0 amide bonds. The van der Waals surface area contributed by atoms with Gasteiger partial charge in [0.25, 0.3) is 0 Å².